The van der Waals surface area contributed by atoms with Crippen LogP contribution in [0, 0.1) is 0 Å². The summed E-state index contributed by atoms with van der Waals surface area (Å²) in [6, 6.07) is -0.623. The van der Waals surface area contributed by atoms with E-state index in [0.717, 1.165) is 38.5 Å². The van der Waals surface area contributed by atoms with Gasteiger partial charge in [-0.2, -0.15) is 0 Å². The third kappa shape index (κ3) is 71.0. The van der Waals surface area contributed by atoms with Crippen molar-refractivity contribution in [2.45, 2.75) is 443 Å². The first-order valence-corrected chi connectivity index (χ1v) is 38.8. The van der Waals surface area contributed by atoms with Crippen molar-refractivity contribution in [1.29, 1.82) is 0 Å². The Morgan fingerprint density at radius 1 is 0.318 bits per heavy atom. The lowest BCUT2D eigenvalue weighted by atomic mass is 10.0. The fourth-order valence-corrected chi connectivity index (χ4v) is 12.2. The van der Waals surface area contributed by atoms with Gasteiger partial charge in [-0.1, -0.05) is 371 Å². The lowest BCUT2D eigenvalue weighted by molar-refractivity contribution is -0.143. The first kappa shape index (κ1) is 83.1. The summed E-state index contributed by atoms with van der Waals surface area (Å²) in [4.78, 5) is 24.6. The summed E-state index contributed by atoms with van der Waals surface area (Å²) < 4.78 is 5.51. The molecular weight excluding hydrogens is 1040 g/mol. The van der Waals surface area contributed by atoms with Gasteiger partial charge in [-0.25, -0.2) is 0 Å². The summed E-state index contributed by atoms with van der Waals surface area (Å²) in [5.41, 5.74) is 0. The minimum absolute atomic E-state index is 0.0199. The molecule has 6 nitrogen and oxygen atoms in total. The Morgan fingerprint density at radius 3 is 0.835 bits per heavy atom. The second kappa shape index (κ2) is 74.5. The first-order chi connectivity index (χ1) is 42.0. The van der Waals surface area contributed by atoms with Crippen LogP contribution in [0.15, 0.2) is 36.5 Å². The number of rotatable bonds is 73. The van der Waals surface area contributed by atoms with E-state index in [1.54, 1.807) is 6.08 Å². The van der Waals surface area contributed by atoms with E-state index in [1.807, 2.05) is 6.08 Å². The maximum absolute atomic E-state index is 12.4. The van der Waals surface area contributed by atoms with Gasteiger partial charge in [0, 0.05) is 12.8 Å². The number of carbonyl (C=O) groups is 2. The van der Waals surface area contributed by atoms with Crippen LogP contribution in [0.5, 0.6) is 0 Å². The summed E-state index contributed by atoms with van der Waals surface area (Å²) in [5.74, 6) is -0.0432. The number of unbranched alkanes of at least 4 members (excludes halogenated alkanes) is 58. The van der Waals surface area contributed by atoms with Crippen LogP contribution in [0.1, 0.15) is 431 Å². The molecule has 0 rings (SSSR count). The van der Waals surface area contributed by atoms with Gasteiger partial charge in [0.2, 0.25) is 5.91 Å². The Balaban J connectivity index is 3.30. The number of aliphatic hydroxyl groups excluding tert-OH is 2. The van der Waals surface area contributed by atoms with Gasteiger partial charge in [0.15, 0.2) is 0 Å². The number of hydrogen-bond donors (Lipinski definition) is 3. The molecule has 2 unspecified atom stereocenters. The topological polar surface area (TPSA) is 95.9 Å². The average Bonchev–Trinajstić information content (AvgIpc) is 3.51. The van der Waals surface area contributed by atoms with Crippen LogP contribution in [-0.4, -0.2) is 47.4 Å². The number of allylic oxidation sites excluding steroid dienone is 5. The Hall–Kier alpha value is -1.92. The third-order valence-electron chi connectivity index (χ3n) is 18.1. The summed E-state index contributed by atoms with van der Waals surface area (Å²) in [6.45, 7) is 4.92. The van der Waals surface area contributed by atoms with Crippen molar-refractivity contribution < 1.29 is 24.5 Å². The standard InChI is InChI=1S/C79H151NO5/c1-3-5-7-9-11-13-15-16-17-18-43-46-49-53-57-61-65-69-73-79(84)85-74-70-66-62-58-54-50-47-44-41-39-37-35-33-31-29-27-25-23-21-19-20-22-24-26-28-30-32-34-36-38-40-42-45-48-52-56-60-64-68-72-78(83)80-76(75-81)77(82)71-67-63-59-55-51-14-12-10-8-6-4-2/h17-20,67,71,76-77,81-82H,3-16,21-66,68-70,72-75H2,1-2H3,(H,80,83)/b18-17-,20-19-,71-67+. The summed E-state index contributed by atoms with van der Waals surface area (Å²) >= 11 is 0. The van der Waals surface area contributed by atoms with Gasteiger partial charge in [0.1, 0.15) is 0 Å². The number of aliphatic hydroxyl groups is 2. The molecular formula is C79H151NO5. The zero-order valence-corrected chi connectivity index (χ0v) is 57.6. The quantitative estimate of drug-likeness (QED) is 0.0320. The lowest BCUT2D eigenvalue weighted by Crippen LogP contribution is -2.45. The molecule has 0 aliphatic heterocycles. The van der Waals surface area contributed by atoms with Crippen molar-refractivity contribution in [1.82, 2.24) is 5.32 Å². The van der Waals surface area contributed by atoms with Crippen LogP contribution in [0.25, 0.3) is 0 Å². The van der Waals surface area contributed by atoms with Crippen molar-refractivity contribution in [2.24, 2.45) is 0 Å². The highest BCUT2D eigenvalue weighted by Gasteiger charge is 2.18. The van der Waals surface area contributed by atoms with E-state index in [4.69, 9.17) is 4.74 Å². The van der Waals surface area contributed by atoms with Gasteiger partial charge < -0.3 is 20.3 Å². The Bertz CT molecular complexity index is 1380. The number of hydrogen-bond acceptors (Lipinski definition) is 5. The molecule has 0 radical (unpaired) electrons. The van der Waals surface area contributed by atoms with Gasteiger partial charge in [-0.05, 0) is 83.5 Å². The van der Waals surface area contributed by atoms with Gasteiger partial charge in [0.05, 0.1) is 25.4 Å². The summed E-state index contributed by atoms with van der Waals surface area (Å²) in [5, 5.41) is 23.1. The number of carbonyl (C=O) groups excluding carboxylic acids is 2. The van der Waals surface area contributed by atoms with E-state index in [-0.39, 0.29) is 18.5 Å². The molecule has 6 heteroatoms. The fraction of sp³-hybridized carbons (Fsp3) is 0.899. The van der Waals surface area contributed by atoms with Gasteiger partial charge in [-0.3, -0.25) is 9.59 Å². The van der Waals surface area contributed by atoms with Crippen LogP contribution in [0.3, 0.4) is 0 Å². The van der Waals surface area contributed by atoms with Gasteiger partial charge in [-0.15, -0.1) is 0 Å². The molecule has 0 aliphatic rings. The largest absolute Gasteiger partial charge is 0.466 e. The van der Waals surface area contributed by atoms with E-state index in [0.29, 0.717) is 19.4 Å². The zero-order valence-electron chi connectivity index (χ0n) is 57.6. The van der Waals surface area contributed by atoms with Crippen molar-refractivity contribution in [3.05, 3.63) is 36.5 Å². The van der Waals surface area contributed by atoms with Crippen molar-refractivity contribution in [2.75, 3.05) is 13.2 Å². The molecule has 0 aromatic heterocycles. The van der Waals surface area contributed by atoms with E-state index in [1.165, 1.54) is 366 Å². The highest BCUT2D eigenvalue weighted by molar-refractivity contribution is 5.76. The third-order valence-corrected chi connectivity index (χ3v) is 18.1. The molecule has 0 fully saturated rings. The first-order valence-electron chi connectivity index (χ1n) is 38.8. The highest BCUT2D eigenvalue weighted by atomic mass is 16.5. The number of nitrogens with one attached hydrogen (secondary N) is 1. The van der Waals surface area contributed by atoms with E-state index < -0.39 is 12.1 Å². The van der Waals surface area contributed by atoms with Gasteiger partial charge >= 0.3 is 5.97 Å². The minimum Gasteiger partial charge on any atom is -0.466 e. The van der Waals surface area contributed by atoms with Crippen LogP contribution >= 0.6 is 0 Å². The Kier molecular flexibility index (Phi) is 72.9. The predicted molar refractivity (Wildman–Crippen MR) is 375 cm³/mol. The summed E-state index contributed by atoms with van der Waals surface area (Å²) in [7, 11) is 0. The number of amides is 1. The van der Waals surface area contributed by atoms with Crippen LogP contribution in [0.2, 0.25) is 0 Å². The van der Waals surface area contributed by atoms with E-state index in [9.17, 15) is 19.8 Å². The van der Waals surface area contributed by atoms with Crippen LogP contribution < -0.4 is 5.32 Å². The molecule has 3 N–H and O–H groups in total. The molecule has 0 saturated heterocycles. The molecule has 0 spiro atoms. The van der Waals surface area contributed by atoms with E-state index >= 15 is 0 Å². The molecule has 0 heterocycles. The number of esters is 1. The second-order valence-corrected chi connectivity index (χ2v) is 26.7. The Morgan fingerprint density at radius 2 is 0.553 bits per heavy atom. The van der Waals surface area contributed by atoms with Crippen molar-refractivity contribution in [3.8, 4) is 0 Å². The molecule has 2 atom stereocenters. The molecule has 0 bridgehead atoms. The summed E-state index contributed by atoms with van der Waals surface area (Å²) in [6.07, 6.45) is 97.1. The normalized spacial score (nSPS) is 12.7. The molecule has 0 aromatic rings. The van der Waals surface area contributed by atoms with Gasteiger partial charge in [0.25, 0.3) is 0 Å². The Labute approximate surface area is 532 Å². The smallest absolute Gasteiger partial charge is 0.305 e. The average molecular weight is 1200 g/mol. The molecule has 0 aromatic carbocycles. The zero-order chi connectivity index (χ0) is 61.3. The molecule has 502 valence electrons. The molecule has 0 saturated carbocycles. The monoisotopic (exact) mass is 1190 g/mol. The highest BCUT2D eigenvalue weighted by Crippen LogP contribution is 2.19. The van der Waals surface area contributed by atoms with Crippen LogP contribution in [0.4, 0.5) is 0 Å². The maximum atomic E-state index is 12.4. The van der Waals surface area contributed by atoms with Crippen molar-refractivity contribution in [3.63, 3.8) is 0 Å². The maximum Gasteiger partial charge on any atom is 0.305 e. The lowest BCUT2D eigenvalue weighted by Gasteiger charge is -2.20. The second-order valence-electron chi connectivity index (χ2n) is 26.7. The predicted octanol–water partition coefficient (Wildman–Crippen LogP) is 25.4. The molecule has 0 aliphatic carbocycles. The van der Waals surface area contributed by atoms with Crippen LogP contribution in [-0.2, 0) is 14.3 Å². The number of ether oxygens (including phenoxy) is 1. The fourth-order valence-electron chi connectivity index (χ4n) is 12.2. The molecule has 1 amide bonds. The SMILES string of the molecule is CCCCCCCCC/C=C\CCCCCCCCCC(=O)OCCCCCCCCCCCCCCCCCCCC/C=C\CCCCCCCCCCCCCCCCCCCC(=O)NC(CO)C(O)/C=C/CCCCCCCCCCC. The van der Waals surface area contributed by atoms with E-state index in [2.05, 4.69) is 43.5 Å². The van der Waals surface area contributed by atoms with Crippen molar-refractivity contribution >= 4 is 11.9 Å². The minimum atomic E-state index is -0.840. The molecule has 85 heavy (non-hydrogen) atoms.